The van der Waals surface area contributed by atoms with Crippen molar-refractivity contribution in [1.82, 2.24) is 4.90 Å². The zero-order valence-electron chi connectivity index (χ0n) is 12.8. The van der Waals surface area contributed by atoms with E-state index in [-0.39, 0.29) is 5.56 Å². The van der Waals surface area contributed by atoms with Gasteiger partial charge in [0.15, 0.2) is 0 Å². The molecule has 0 amide bonds. The minimum Gasteiger partial charge on any atom is -0.380 e. The fourth-order valence-electron chi connectivity index (χ4n) is 1.96. The number of hydrogen-bond donors (Lipinski definition) is 0. The molecule has 5 heteroatoms. The van der Waals surface area contributed by atoms with Gasteiger partial charge in [0.25, 0.3) is 0 Å². The van der Waals surface area contributed by atoms with Crippen molar-refractivity contribution in [2.45, 2.75) is 20.4 Å². The summed E-state index contributed by atoms with van der Waals surface area (Å²) in [6.07, 6.45) is 0. The van der Waals surface area contributed by atoms with Gasteiger partial charge in [-0.1, -0.05) is 6.07 Å². The topological polar surface area (TPSA) is 45.5 Å². The Balaban J connectivity index is 2.63. The van der Waals surface area contributed by atoms with Crippen LogP contribution in [0.3, 0.4) is 0 Å². The molecule has 0 aliphatic carbocycles. The maximum atomic E-state index is 13.3. The average molecular weight is 294 g/mol. The summed E-state index contributed by atoms with van der Waals surface area (Å²) < 4.78 is 24.1. The van der Waals surface area contributed by atoms with Gasteiger partial charge < -0.3 is 9.47 Å². The van der Waals surface area contributed by atoms with Gasteiger partial charge in [-0.3, -0.25) is 4.90 Å². The molecule has 4 nitrogen and oxygen atoms in total. The van der Waals surface area contributed by atoms with Crippen molar-refractivity contribution < 1.29 is 13.9 Å². The minimum atomic E-state index is -0.476. The van der Waals surface area contributed by atoms with Crippen molar-refractivity contribution in [2.24, 2.45) is 0 Å². The third-order valence-corrected chi connectivity index (χ3v) is 3.07. The van der Waals surface area contributed by atoms with Crippen LogP contribution in [-0.2, 0) is 16.0 Å². The standard InChI is InChI=1S/C16H23FN2O2/c1-3-20-9-7-19(8-10-21-4-2)13-14-5-6-16(17)15(11-14)12-18/h5-6,11H,3-4,7-10,13H2,1-2H3. The predicted octanol–water partition coefficient (Wildman–Crippen LogP) is 2.57. The van der Waals surface area contributed by atoms with Crippen LogP contribution >= 0.6 is 0 Å². The van der Waals surface area contributed by atoms with Crippen molar-refractivity contribution >= 4 is 0 Å². The summed E-state index contributed by atoms with van der Waals surface area (Å²) in [5.41, 5.74) is 1.00. The maximum Gasteiger partial charge on any atom is 0.140 e. The Morgan fingerprint density at radius 2 is 1.76 bits per heavy atom. The van der Waals surface area contributed by atoms with Gasteiger partial charge in [0.05, 0.1) is 18.8 Å². The summed E-state index contributed by atoms with van der Waals surface area (Å²) >= 11 is 0. The molecule has 0 radical (unpaired) electrons. The molecule has 0 aromatic heterocycles. The zero-order valence-corrected chi connectivity index (χ0v) is 12.8. The summed E-state index contributed by atoms with van der Waals surface area (Å²) in [7, 11) is 0. The first kappa shape index (κ1) is 17.6. The molecule has 0 spiro atoms. The van der Waals surface area contributed by atoms with Crippen LogP contribution in [0.15, 0.2) is 18.2 Å². The molecular weight excluding hydrogens is 271 g/mol. The highest BCUT2D eigenvalue weighted by atomic mass is 19.1. The second kappa shape index (κ2) is 10.3. The van der Waals surface area contributed by atoms with E-state index in [2.05, 4.69) is 4.90 Å². The van der Waals surface area contributed by atoms with Crippen molar-refractivity contribution in [1.29, 1.82) is 5.26 Å². The molecule has 1 aromatic carbocycles. The molecule has 1 aromatic rings. The SMILES string of the molecule is CCOCCN(CCOCC)Cc1ccc(F)c(C#N)c1. The van der Waals surface area contributed by atoms with E-state index in [1.807, 2.05) is 19.9 Å². The van der Waals surface area contributed by atoms with Crippen LogP contribution in [0, 0.1) is 17.1 Å². The van der Waals surface area contributed by atoms with E-state index >= 15 is 0 Å². The summed E-state index contributed by atoms with van der Waals surface area (Å²) in [4.78, 5) is 2.18. The summed E-state index contributed by atoms with van der Waals surface area (Å²) in [6.45, 7) is 8.80. The van der Waals surface area contributed by atoms with Crippen LogP contribution in [-0.4, -0.2) is 44.4 Å². The highest BCUT2D eigenvalue weighted by Gasteiger charge is 2.08. The molecule has 0 heterocycles. The highest BCUT2D eigenvalue weighted by molar-refractivity contribution is 5.34. The smallest absolute Gasteiger partial charge is 0.140 e. The predicted molar refractivity (Wildman–Crippen MR) is 79.4 cm³/mol. The molecule has 0 saturated heterocycles. The molecule has 0 saturated carbocycles. The molecule has 0 aliphatic rings. The first-order valence-electron chi connectivity index (χ1n) is 7.27. The van der Waals surface area contributed by atoms with Gasteiger partial charge in [0.1, 0.15) is 11.9 Å². The minimum absolute atomic E-state index is 0.0852. The van der Waals surface area contributed by atoms with Crippen molar-refractivity contribution in [2.75, 3.05) is 39.5 Å². The number of nitrogens with zero attached hydrogens (tertiary/aromatic N) is 2. The third kappa shape index (κ3) is 6.67. The number of rotatable bonds is 10. The fourth-order valence-corrected chi connectivity index (χ4v) is 1.96. The second-order valence-corrected chi connectivity index (χ2v) is 4.60. The number of hydrogen-bond acceptors (Lipinski definition) is 4. The van der Waals surface area contributed by atoms with Crippen LogP contribution in [0.1, 0.15) is 25.0 Å². The Morgan fingerprint density at radius 1 is 1.14 bits per heavy atom. The molecule has 0 atom stereocenters. The number of nitriles is 1. The average Bonchev–Trinajstić information content (AvgIpc) is 2.49. The Morgan fingerprint density at radius 3 is 2.29 bits per heavy atom. The number of ether oxygens (including phenoxy) is 2. The quantitative estimate of drug-likeness (QED) is 0.622. The van der Waals surface area contributed by atoms with Gasteiger partial charge in [0.2, 0.25) is 0 Å². The Hall–Kier alpha value is -1.48. The molecule has 116 valence electrons. The first-order valence-corrected chi connectivity index (χ1v) is 7.27. The lowest BCUT2D eigenvalue weighted by Gasteiger charge is -2.22. The molecule has 0 fully saturated rings. The van der Waals surface area contributed by atoms with E-state index in [9.17, 15) is 4.39 Å². The molecule has 0 aliphatic heterocycles. The van der Waals surface area contributed by atoms with Gasteiger partial charge in [-0.15, -0.1) is 0 Å². The lowest BCUT2D eigenvalue weighted by atomic mass is 10.1. The molecule has 0 bridgehead atoms. The molecule has 0 N–H and O–H groups in total. The Kier molecular flexibility index (Phi) is 8.60. The van der Waals surface area contributed by atoms with Crippen molar-refractivity contribution in [3.8, 4) is 6.07 Å². The van der Waals surface area contributed by atoms with Crippen LogP contribution in [0.25, 0.3) is 0 Å². The summed E-state index contributed by atoms with van der Waals surface area (Å²) in [6, 6.07) is 6.53. The summed E-state index contributed by atoms with van der Waals surface area (Å²) in [5, 5.41) is 8.88. The Bertz CT molecular complexity index is 450. The Labute approximate surface area is 126 Å². The number of halogens is 1. The van der Waals surface area contributed by atoms with E-state index in [0.29, 0.717) is 33.0 Å². The second-order valence-electron chi connectivity index (χ2n) is 4.60. The monoisotopic (exact) mass is 294 g/mol. The third-order valence-electron chi connectivity index (χ3n) is 3.07. The van der Waals surface area contributed by atoms with E-state index in [4.69, 9.17) is 14.7 Å². The van der Waals surface area contributed by atoms with Gasteiger partial charge in [-0.2, -0.15) is 5.26 Å². The van der Waals surface area contributed by atoms with Crippen LogP contribution in [0.2, 0.25) is 0 Å². The van der Waals surface area contributed by atoms with Gasteiger partial charge in [0, 0.05) is 32.8 Å². The lowest BCUT2D eigenvalue weighted by Crippen LogP contribution is -2.30. The normalized spacial score (nSPS) is 10.8. The lowest BCUT2D eigenvalue weighted by molar-refractivity contribution is 0.0797. The number of benzene rings is 1. The summed E-state index contributed by atoms with van der Waals surface area (Å²) in [5.74, 6) is -0.476. The van der Waals surface area contributed by atoms with Crippen LogP contribution in [0.4, 0.5) is 4.39 Å². The maximum absolute atomic E-state index is 13.3. The van der Waals surface area contributed by atoms with Crippen LogP contribution in [0.5, 0.6) is 0 Å². The molecular formula is C16H23FN2O2. The van der Waals surface area contributed by atoms with E-state index < -0.39 is 5.82 Å². The first-order chi connectivity index (χ1) is 10.2. The largest absolute Gasteiger partial charge is 0.380 e. The highest BCUT2D eigenvalue weighted by Crippen LogP contribution is 2.11. The van der Waals surface area contributed by atoms with E-state index in [1.54, 1.807) is 12.1 Å². The zero-order chi connectivity index (χ0) is 15.5. The van der Waals surface area contributed by atoms with E-state index in [1.165, 1.54) is 6.07 Å². The van der Waals surface area contributed by atoms with E-state index in [0.717, 1.165) is 18.7 Å². The van der Waals surface area contributed by atoms with Crippen LogP contribution < -0.4 is 0 Å². The fraction of sp³-hybridized carbons (Fsp3) is 0.562. The molecule has 1 rings (SSSR count). The van der Waals surface area contributed by atoms with Gasteiger partial charge in [-0.05, 0) is 31.5 Å². The van der Waals surface area contributed by atoms with Gasteiger partial charge in [-0.25, -0.2) is 4.39 Å². The van der Waals surface area contributed by atoms with Gasteiger partial charge >= 0.3 is 0 Å². The molecule has 0 unspecified atom stereocenters. The molecule has 21 heavy (non-hydrogen) atoms. The van der Waals surface area contributed by atoms with Crippen molar-refractivity contribution in [3.05, 3.63) is 35.1 Å². The van der Waals surface area contributed by atoms with Crippen molar-refractivity contribution in [3.63, 3.8) is 0 Å².